The fraction of sp³-hybridized carbons (Fsp3) is 0.519. The van der Waals surface area contributed by atoms with Crippen LogP contribution in [0.5, 0.6) is 5.75 Å². The lowest BCUT2D eigenvalue weighted by Gasteiger charge is -2.33. The highest BCUT2D eigenvalue weighted by molar-refractivity contribution is 5.78. The maximum absolute atomic E-state index is 12.0. The van der Waals surface area contributed by atoms with Crippen LogP contribution >= 0.6 is 0 Å². The number of nitrogens with zero attached hydrogens (tertiary/aromatic N) is 1. The minimum atomic E-state index is -1.000. The molecule has 0 aromatic heterocycles. The Labute approximate surface area is 187 Å². The van der Waals surface area contributed by atoms with E-state index in [9.17, 15) is 4.79 Å². The smallest absolute Gasteiger partial charge is 0.349 e. The van der Waals surface area contributed by atoms with Crippen LogP contribution in [0.15, 0.2) is 42.5 Å². The van der Waals surface area contributed by atoms with Crippen LogP contribution in [-0.4, -0.2) is 43.2 Å². The van der Waals surface area contributed by atoms with Gasteiger partial charge in [0.15, 0.2) is 5.60 Å². The van der Waals surface area contributed by atoms with Gasteiger partial charge in [-0.05, 0) is 107 Å². The van der Waals surface area contributed by atoms with E-state index in [1.165, 1.54) is 55.2 Å². The van der Waals surface area contributed by atoms with Gasteiger partial charge in [-0.2, -0.15) is 0 Å². The summed E-state index contributed by atoms with van der Waals surface area (Å²) in [5.41, 5.74) is 4.48. The molecule has 1 aliphatic heterocycles. The number of likely N-dealkylation sites (tertiary alicyclic amines) is 1. The van der Waals surface area contributed by atoms with Crippen LogP contribution in [0, 0.1) is 13.8 Å². The number of hydrogen-bond acceptors (Lipinski definition) is 4. The predicted molar refractivity (Wildman–Crippen MR) is 126 cm³/mol. The molecule has 1 aliphatic rings. The fourth-order valence-electron chi connectivity index (χ4n) is 4.41. The molecule has 0 bridgehead atoms. The van der Waals surface area contributed by atoms with Crippen LogP contribution in [-0.2, 0) is 16.0 Å². The van der Waals surface area contributed by atoms with E-state index in [-0.39, 0.29) is 5.97 Å². The maximum atomic E-state index is 12.0. The molecule has 1 heterocycles. The van der Waals surface area contributed by atoms with Crippen molar-refractivity contribution < 1.29 is 14.3 Å². The van der Waals surface area contributed by atoms with Gasteiger partial charge in [-0.1, -0.05) is 30.3 Å². The minimum absolute atomic E-state index is 0.370. The third kappa shape index (κ3) is 6.33. The van der Waals surface area contributed by atoms with E-state index in [1.807, 2.05) is 12.1 Å². The van der Waals surface area contributed by atoms with Crippen molar-refractivity contribution in [2.24, 2.45) is 0 Å². The van der Waals surface area contributed by atoms with Crippen LogP contribution in [0.25, 0.3) is 0 Å². The van der Waals surface area contributed by atoms with E-state index in [4.69, 9.17) is 9.47 Å². The zero-order chi connectivity index (χ0) is 22.4. The number of piperidine rings is 1. The molecule has 2 aromatic rings. The topological polar surface area (TPSA) is 38.8 Å². The summed E-state index contributed by atoms with van der Waals surface area (Å²) in [5.74, 6) is 0.852. The largest absolute Gasteiger partial charge is 0.476 e. The minimum Gasteiger partial charge on any atom is -0.476 e. The molecule has 1 fully saturated rings. The number of carbonyl (C=O) groups is 1. The molecule has 0 spiro atoms. The van der Waals surface area contributed by atoms with Crippen LogP contribution in [0.3, 0.4) is 0 Å². The lowest BCUT2D eigenvalue weighted by atomic mass is 9.90. The van der Waals surface area contributed by atoms with Crippen molar-refractivity contribution in [1.29, 1.82) is 0 Å². The Hall–Kier alpha value is -2.33. The second-order valence-electron chi connectivity index (χ2n) is 9.34. The number of benzene rings is 2. The zero-order valence-corrected chi connectivity index (χ0v) is 19.7. The van der Waals surface area contributed by atoms with Crippen molar-refractivity contribution in [3.8, 4) is 5.75 Å². The first-order valence-electron chi connectivity index (χ1n) is 11.4. The Morgan fingerprint density at radius 1 is 1.13 bits per heavy atom. The molecule has 0 aliphatic carbocycles. The highest BCUT2D eigenvalue weighted by Crippen LogP contribution is 2.30. The van der Waals surface area contributed by atoms with Crippen molar-refractivity contribution in [3.63, 3.8) is 0 Å². The summed E-state index contributed by atoms with van der Waals surface area (Å²) in [6, 6.07) is 15.0. The van der Waals surface area contributed by atoms with Gasteiger partial charge in [0.25, 0.3) is 0 Å². The first-order valence-corrected chi connectivity index (χ1v) is 11.4. The van der Waals surface area contributed by atoms with Gasteiger partial charge in [-0.3, -0.25) is 0 Å². The summed E-state index contributed by atoms with van der Waals surface area (Å²) in [4.78, 5) is 14.6. The van der Waals surface area contributed by atoms with E-state index in [2.05, 4.69) is 49.1 Å². The average Bonchev–Trinajstić information content (AvgIpc) is 2.75. The number of hydrogen-bond donors (Lipinski definition) is 0. The van der Waals surface area contributed by atoms with Crippen LogP contribution in [0.1, 0.15) is 61.3 Å². The van der Waals surface area contributed by atoms with Gasteiger partial charge in [0.2, 0.25) is 0 Å². The van der Waals surface area contributed by atoms with Crippen molar-refractivity contribution in [2.45, 2.75) is 64.9 Å². The van der Waals surface area contributed by atoms with Gasteiger partial charge in [0.05, 0.1) is 7.11 Å². The molecule has 168 valence electrons. The molecule has 4 nitrogen and oxygen atoms in total. The Bertz CT molecular complexity index is 890. The number of aryl methyl sites for hydroxylation is 3. The number of carbonyl (C=O) groups excluding carboxylic acids is 1. The molecule has 0 N–H and O–H groups in total. The molecular weight excluding hydrogens is 386 g/mol. The monoisotopic (exact) mass is 423 g/mol. The van der Waals surface area contributed by atoms with Gasteiger partial charge >= 0.3 is 5.97 Å². The number of rotatable bonds is 8. The molecule has 4 heteroatoms. The SMILES string of the molecule is COC(=O)C(C)(C)Oc1cccc(C2CCCN(CCCc3ccc(C)c(C)c3)C2)c1. The van der Waals surface area contributed by atoms with Gasteiger partial charge in [-0.25, -0.2) is 4.79 Å². The highest BCUT2D eigenvalue weighted by atomic mass is 16.6. The van der Waals surface area contributed by atoms with Crippen LogP contribution in [0.2, 0.25) is 0 Å². The normalized spacial score (nSPS) is 17.4. The fourth-order valence-corrected chi connectivity index (χ4v) is 4.41. The molecule has 0 saturated carbocycles. The third-order valence-corrected chi connectivity index (χ3v) is 6.40. The van der Waals surface area contributed by atoms with Gasteiger partial charge in [0, 0.05) is 6.54 Å². The Morgan fingerprint density at radius 2 is 1.94 bits per heavy atom. The molecule has 2 aromatic carbocycles. The van der Waals surface area contributed by atoms with Crippen molar-refractivity contribution in [1.82, 2.24) is 4.90 Å². The Morgan fingerprint density at radius 3 is 2.68 bits per heavy atom. The first kappa shape index (κ1) is 23.3. The quantitative estimate of drug-likeness (QED) is 0.530. The van der Waals surface area contributed by atoms with Gasteiger partial charge < -0.3 is 14.4 Å². The van der Waals surface area contributed by atoms with E-state index < -0.39 is 5.60 Å². The molecular formula is C27H37NO3. The lowest BCUT2D eigenvalue weighted by molar-refractivity contribution is -0.156. The van der Waals surface area contributed by atoms with Crippen molar-refractivity contribution >= 4 is 5.97 Å². The number of methoxy groups -OCH3 is 1. The molecule has 1 unspecified atom stereocenters. The van der Waals surface area contributed by atoms with Crippen molar-refractivity contribution in [3.05, 3.63) is 64.7 Å². The van der Waals surface area contributed by atoms with E-state index in [0.29, 0.717) is 5.92 Å². The lowest BCUT2D eigenvalue weighted by Crippen LogP contribution is -2.39. The Kier molecular flexibility index (Phi) is 7.77. The molecule has 0 amide bonds. The van der Waals surface area contributed by atoms with Gasteiger partial charge in [0.1, 0.15) is 5.75 Å². The second kappa shape index (κ2) is 10.3. The van der Waals surface area contributed by atoms with Crippen LogP contribution < -0.4 is 4.74 Å². The number of ether oxygens (including phenoxy) is 2. The van der Waals surface area contributed by atoms with Crippen molar-refractivity contribution in [2.75, 3.05) is 26.7 Å². The molecule has 3 rings (SSSR count). The molecule has 31 heavy (non-hydrogen) atoms. The highest BCUT2D eigenvalue weighted by Gasteiger charge is 2.31. The summed E-state index contributed by atoms with van der Waals surface area (Å²) < 4.78 is 10.8. The van der Waals surface area contributed by atoms with Crippen LogP contribution in [0.4, 0.5) is 0 Å². The second-order valence-corrected chi connectivity index (χ2v) is 9.34. The van der Waals surface area contributed by atoms with Gasteiger partial charge in [-0.15, -0.1) is 0 Å². The maximum Gasteiger partial charge on any atom is 0.349 e. The predicted octanol–water partition coefficient (Wildman–Crippen LogP) is 5.45. The Balaban J connectivity index is 1.56. The summed E-state index contributed by atoms with van der Waals surface area (Å²) in [7, 11) is 1.39. The van der Waals surface area contributed by atoms with E-state index in [1.54, 1.807) is 13.8 Å². The molecule has 0 radical (unpaired) electrons. The summed E-state index contributed by atoms with van der Waals surface area (Å²) in [6.45, 7) is 11.2. The third-order valence-electron chi connectivity index (χ3n) is 6.40. The molecule has 1 saturated heterocycles. The summed E-state index contributed by atoms with van der Waals surface area (Å²) >= 11 is 0. The first-order chi connectivity index (χ1) is 14.8. The number of esters is 1. The standard InChI is InChI=1S/C27H37NO3/c1-20-13-14-22(17-21(20)2)9-7-15-28-16-8-11-24(19-28)23-10-6-12-25(18-23)31-27(3,4)26(29)30-5/h6,10,12-14,17-18,24H,7-9,11,15-16,19H2,1-5H3. The molecule has 1 atom stereocenters. The van der Waals surface area contributed by atoms with E-state index in [0.717, 1.165) is 25.3 Å². The van der Waals surface area contributed by atoms with E-state index >= 15 is 0 Å². The average molecular weight is 424 g/mol. The summed E-state index contributed by atoms with van der Waals surface area (Å²) in [6.07, 6.45) is 4.73. The summed E-state index contributed by atoms with van der Waals surface area (Å²) in [5, 5.41) is 0. The zero-order valence-electron chi connectivity index (χ0n) is 19.7.